The number of H-pyrrole nitrogens is 1. The summed E-state index contributed by atoms with van der Waals surface area (Å²) in [6.07, 6.45) is -0.0920. The number of hydrogen-bond donors (Lipinski definition) is 3. The fraction of sp³-hybridized carbons (Fsp3) is 0.450. The van der Waals surface area contributed by atoms with E-state index in [0.717, 1.165) is 6.42 Å². The van der Waals surface area contributed by atoms with Gasteiger partial charge in [-0.3, -0.25) is 14.3 Å². The molecule has 1 aromatic carbocycles. The second-order valence-corrected chi connectivity index (χ2v) is 8.53. The number of ether oxygens (including phenoxy) is 1. The van der Waals surface area contributed by atoms with Gasteiger partial charge in [0.1, 0.15) is 18.5 Å². The molecule has 0 spiro atoms. The van der Waals surface area contributed by atoms with Crippen molar-refractivity contribution >= 4 is 40.3 Å². The van der Waals surface area contributed by atoms with Crippen molar-refractivity contribution in [3.05, 3.63) is 49.1 Å². The van der Waals surface area contributed by atoms with E-state index < -0.39 is 17.4 Å². The first-order chi connectivity index (χ1) is 14.7. The number of halogens is 2. The molecule has 0 unspecified atom stereocenters. The average Bonchev–Trinajstić information content (AvgIpc) is 3.04. The lowest BCUT2D eigenvalue weighted by molar-refractivity contribution is 0.0939. The minimum absolute atomic E-state index is 0.0208. The normalized spacial score (nSPS) is 12.5. The van der Waals surface area contributed by atoms with Gasteiger partial charge in [-0.2, -0.15) is 4.98 Å². The number of aromatic amines is 1. The van der Waals surface area contributed by atoms with Crippen LogP contribution in [0.2, 0.25) is 10.0 Å². The molecule has 2 heterocycles. The van der Waals surface area contributed by atoms with Crippen molar-refractivity contribution < 1.29 is 9.84 Å². The van der Waals surface area contributed by atoms with Crippen LogP contribution in [0.5, 0.6) is 5.75 Å². The highest BCUT2D eigenvalue weighted by molar-refractivity contribution is 6.35. The summed E-state index contributed by atoms with van der Waals surface area (Å²) in [5.74, 6) is 1.25. The summed E-state index contributed by atoms with van der Waals surface area (Å²) < 4.78 is 8.43. The van der Waals surface area contributed by atoms with Gasteiger partial charge in [-0.15, -0.1) is 0 Å². The van der Waals surface area contributed by atoms with E-state index in [1.807, 2.05) is 0 Å². The zero-order valence-electron chi connectivity index (χ0n) is 17.5. The summed E-state index contributed by atoms with van der Waals surface area (Å²) in [5.41, 5.74) is -0.708. The minimum atomic E-state index is -0.980. The fourth-order valence-electron chi connectivity index (χ4n) is 3.06. The molecule has 0 radical (unpaired) electrons. The molecule has 3 rings (SSSR count). The summed E-state index contributed by atoms with van der Waals surface area (Å²) in [5, 5.41) is 14.6. The zero-order valence-corrected chi connectivity index (χ0v) is 19.0. The highest BCUT2D eigenvalue weighted by Crippen LogP contribution is 2.27. The van der Waals surface area contributed by atoms with Gasteiger partial charge in [0.15, 0.2) is 11.2 Å². The summed E-state index contributed by atoms with van der Waals surface area (Å²) in [7, 11) is 1.53. The second kappa shape index (κ2) is 9.76. The Balaban J connectivity index is 1.86. The molecule has 9 nitrogen and oxygen atoms in total. The van der Waals surface area contributed by atoms with Crippen molar-refractivity contribution in [1.82, 2.24) is 19.1 Å². The maximum Gasteiger partial charge on any atom is 0.329 e. The van der Waals surface area contributed by atoms with Crippen LogP contribution < -0.4 is 21.3 Å². The number of aromatic nitrogens is 4. The molecular formula is C20H25Cl2N5O4. The Bertz CT molecular complexity index is 1180. The van der Waals surface area contributed by atoms with E-state index in [0.29, 0.717) is 34.2 Å². The first-order valence-electron chi connectivity index (χ1n) is 9.86. The highest BCUT2D eigenvalue weighted by Gasteiger charge is 2.20. The molecule has 168 valence electrons. The van der Waals surface area contributed by atoms with Crippen LogP contribution in [-0.4, -0.2) is 43.5 Å². The number of hydrogen-bond acceptors (Lipinski definition) is 6. The van der Waals surface area contributed by atoms with Crippen molar-refractivity contribution in [3.63, 3.8) is 0 Å². The van der Waals surface area contributed by atoms with Crippen LogP contribution in [0.3, 0.4) is 0 Å². The number of benzene rings is 1. The van der Waals surface area contributed by atoms with Crippen LogP contribution in [0.25, 0.3) is 11.2 Å². The number of imidazole rings is 1. The molecule has 0 saturated heterocycles. The molecule has 3 N–H and O–H groups in total. The minimum Gasteiger partial charge on any atom is -0.489 e. The van der Waals surface area contributed by atoms with Crippen molar-refractivity contribution in [2.75, 3.05) is 18.5 Å². The molecule has 0 fully saturated rings. The van der Waals surface area contributed by atoms with Crippen LogP contribution in [0, 0.1) is 5.92 Å². The van der Waals surface area contributed by atoms with Crippen molar-refractivity contribution in [1.29, 1.82) is 0 Å². The van der Waals surface area contributed by atoms with Crippen molar-refractivity contribution in [2.24, 2.45) is 13.0 Å². The van der Waals surface area contributed by atoms with E-state index in [1.54, 1.807) is 22.8 Å². The number of nitrogens with one attached hydrogen (secondary N) is 2. The predicted octanol–water partition coefficient (Wildman–Crippen LogP) is 2.63. The Morgan fingerprint density at radius 3 is 2.71 bits per heavy atom. The van der Waals surface area contributed by atoms with Gasteiger partial charge < -0.3 is 19.7 Å². The zero-order chi connectivity index (χ0) is 22.7. The number of aliphatic hydroxyl groups is 1. The van der Waals surface area contributed by atoms with Gasteiger partial charge in [0.25, 0.3) is 5.56 Å². The molecule has 2 aromatic heterocycles. The van der Waals surface area contributed by atoms with Crippen molar-refractivity contribution in [2.45, 2.75) is 32.9 Å². The molecule has 0 aliphatic heterocycles. The molecule has 31 heavy (non-hydrogen) atoms. The number of aliphatic hydroxyl groups excluding tert-OH is 1. The maximum absolute atomic E-state index is 12.5. The van der Waals surface area contributed by atoms with Crippen LogP contribution in [0.1, 0.15) is 20.3 Å². The van der Waals surface area contributed by atoms with Crippen LogP contribution in [0.15, 0.2) is 27.8 Å². The summed E-state index contributed by atoms with van der Waals surface area (Å²) >= 11 is 12.0. The first-order valence-corrected chi connectivity index (χ1v) is 10.6. The molecule has 0 amide bonds. The van der Waals surface area contributed by atoms with Gasteiger partial charge in [-0.1, -0.05) is 37.0 Å². The largest absolute Gasteiger partial charge is 0.489 e. The lowest BCUT2D eigenvalue weighted by Crippen LogP contribution is -2.31. The number of aryl methyl sites for hydroxylation is 1. The quantitative estimate of drug-likeness (QED) is 0.443. The first kappa shape index (κ1) is 23.2. The molecule has 0 aliphatic rings. The Morgan fingerprint density at radius 2 is 2.03 bits per heavy atom. The Labute approximate surface area is 188 Å². The van der Waals surface area contributed by atoms with E-state index >= 15 is 0 Å². The molecule has 1 atom stereocenters. The lowest BCUT2D eigenvalue weighted by atomic mass is 10.1. The SMILES string of the molecule is CC(C)CCNc1nc2c(c(=O)[nH]c(=O)n2C)n1C[C@@H](O)COc1ccc(Cl)cc1Cl. The molecule has 0 bridgehead atoms. The van der Waals surface area contributed by atoms with Crippen LogP contribution >= 0.6 is 23.2 Å². The number of nitrogens with zero attached hydrogens (tertiary/aromatic N) is 3. The molecule has 3 aromatic rings. The van der Waals surface area contributed by atoms with E-state index in [1.165, 1.54) is 11.6 Å². The van der Waals surface area contributed by atoms with Crippen LogP contribution in [0.4, 0.5) is 5.95 Å². The topological polar surface area (TPSA) is 114 Å². The van der Waals surface area contributed by atoms with Gasteiger partial charge in [0.2, 0.25) is 5.95 Å². The molecule has 0 aliphatic carbocycles. The average molecular weight is 470 g/mol. The Kier molecular flexibility index (Phi) is 7.30. The monoisotopic (exact) mass is 469 g/mol. The number of rotatable bonds is 9. The molecular weight excluding hydrogens is 445 g/mol. The lowest BCUT2D eigenvalue weighted by Gasteiger charge is -2.16. The Hall–Kier alpha value is -2.49. The van der Waals surface area contributed by atoms with E-state index in [2.05, 4.69) is 29.1 Å². The van der Waals surface area contributed by atoms with E-state index in [4.69, 9.17) is 27.9 Å². The van der Waals surface area contributed by atoms with Gasteiger partial charge >= 0.3 is 5.69 Å². The highest BCUT2D eigenvalue weighted by atomic mass is 35.5. The summed E-state index contributed by atoms with van der Waals surface area (Å²) in [4.78, 5) is 31.2. The standard InChI is InChI=1S/C20H25Cl2N5O4/c1-11(2)6-7-23-19-24-17-16(18(29)25-20(30)26(17)3)27(19)9-13(28)10-31-15-5-4-12(21)8-14(15)22/h4-5,8,11,13,28H,6-7,9-10H2,1-3H3,(H,23,24)(H,25,29,30)/t13-/m1/s1. The van der Waals surface area contributed by atoms with E-state index in [-0.39, 0.29) is 24.3 Å². The third-order valence-electron chi connectivity index (χ3n) is 4.73. The maximum atomic E-state index is 12.5. The summed E-state index contributed by atoms with van der Waals surface area (Å²) in [6.45, 7) is 4.77. The van der Waals surface area contributed by atoms with E-state index in [9.17, 15) is 14.7 Å². The Morgan fingerprint density at radius 1 is 1.29 bits per heavy atom. The third kappa shape index (κ3) is 5.41. The van der Waals surface area contributed by atoms with Gasteiger partial charge in [0, 0.05) is 18.6 Å². The summed E-state index contributed by atoms with van der Waals surface area (Å²) in [6, 6.07) is 4.80. The van der Waals surface area contributed by atoms with Gasteiger partial charge in [-0.25, -0.2) is 4.79 Å². The number of fused-ring (bicyclic) bond motifs is 1. The van der Waals surface area contributed by atoms with Gasteiger partial charge in [0.05, 0.1) is 11.6 Å². The smallest absolute Gasteiger partial charge is 0.329 e. The molecule has 0 saturated carbocycles. The van der Waals surface area contributed by atoms with Crippen molar-refractivity contribution in [3.8, 4) is 5.75 Å². The van der Waals surface area contributed by atoms with Crippen LogP contribution in [-0.2, 0) is 13.6 Å². The van der Waals surface area contributed by atoms with Gasteiger partial charge in [-0.05, 0) is 30.5 Å². The molecule has 11 heteroatoms. The predicted molar refractivity (Wildman–Crippen MR) is 122 cm³/mol. The number of anilines is 1. The third-order valence-corrected chi connectivity index (χ3v) is 5.26. The second-order valence-electron chi connectivity index (χ2n) is 7.69. The fourth-order valence-corrected chi connectivity index (χ4v) is 3.52.